The number of carboxylic acids is 1. The number of pyridine rings is 1. The van der Waals surface area contributed by atoms with E-state index >= 15 is 0 Å². The molecule has 7 heteroatoms. The van der Waals surface area contributed by atoms with Gasteiger partial charge in [0.1, 0.15) is 12.1 Å². The van der Waals surface area contributed by atoms with Gasteiger partial charge in [-0.1, -0.05) is 50.6 Å². The molecule has 2 unspecified atom stereocenters. The van der Waals surface area contributed by atoms with Crippen molar-refractivity contribution >= 4 is 17.8 Å². The zero-order chi connectivity index (χ0) is 23.9. The van der Waals surface area contributed by atoms with Crippen molar-refractivity contribution < 1.29 is 19.5 Å². The van der Waals surface area contributed by atoms with Crippen LogP contribution in [0.1, 0.15) is 54.4 Å². The second-order valence-electron chi connectivity index (χ2n) is 9.35. The van der Waals surface area contributed by atoms with Crippen LogP contribution in [0.3, 0.4) is 0 Å². The second-order valence-corrected chi connectivity index (χ2v) is 9.35. The number of carbonyl (C=O) groups excluding carboxylic acids is 3. The highest BCUT2D eigenvalue weighted by atomic mass is 16.4. The Morgan fingerprint density at radius 2 is 1.79 bits per heavy atom. The van der Waals surface area contributed by atoms with Gasteiger partial charge in [-0.05, 0) is 55.7 Å². The number of carbonyl (C=O) groups is 3. The Kier molecular flexibility index (Phi) is 6.23. The number of hydrogen-bond donors (Lipinski definition) is 1. The molecule has 174 valence electrons. The van der Waals surface area contributed by atoms with Crippen LogP contribution in [-0.4, -0.2) is 39.8 Å². The van der Waals surface area contributed by atoms with Gasteiger partial charge in [0.2, 0.25) is 11.8 Å². The Bertz CT molecular complexity index is 1070. The summed E-state index contributed by atoms with van der Waals surface area (Å²) in [5, 5.41) is 15.4. The van der Waals surface area contributed by atoms with E-state index in [2.05, 4.69) is 10.3 Å². The van der Waals surface area contributed by atoms with Gasteiger partial charge < -0.3 is 20.1 Å². The van der Waals surface area contributed by atoms with E-state index in [1.54, 1.807) is 19.1 Å². The van der Waals surface area contributed by atoms with Gasteiger partial charge in [0, 0.05) is 17.0 Å². The summed E-state index contributed by atoms with van der Waals surface area (Å²) in [4.78, 5) is 45.5. The number of aromatic nitrogens is 1. The molecule has 1 fully saturated rings. The molecule has 2 amide bonds. The van der Waals surface area contributed by atoms with E-state index < -0.39 is 24.1 Å². The predicted molar refractivity (Wildman–Crippen MR) is 121 cm³/mol. The minimum Gasteiger partial charge on any atom is -0.548 e. The van der Waals surface area contributed by atoms with Gasteiger partial charge in [-0.15, -0.1) is 0 Å². The van der Waals surface area contributed by atoms with Crippen molar-refractivity contribution in [3.63, 3.8) is 0 Å². The van der Waals surface area contributed by atoms with Crippen molar-refractivity contribution in [2.45, 2.75) is 65.1 Å². The number of amides is 2. The summed E-state index contributed by atoms with van der Waals surface area (Å²) in [6, 6.07) is 8.33. The van der Waals surface area contributed by atoms with Crippen LogP contribution in [-0.2, 0) is 27.2 Å². The first kappa shape index (κ1) is 23.0. The van der Waals surface area contributed by atoms with Gasteiger partial charge in [-0.2, -0.15) is 0 Å². The van der Waals surface area contributed by atoms with Crippen molar-refractivity contribution in [3.05, 3.63) is 64.5 Å². The number of aryl methyl sites for hydroxylation is 2. The molecule has 1 aliphatic heterocycles. The maximum Gasteiger partial charge on any atom is 0.246 e. The molecule has 2 aromatic rings. The van der Waals surface area contributed by atoms with E-state index in [-0.39, 0.29) is 23.7 Å². The molecule has 0 bridgehead atoms. The Labute approximate surface area is 194 Å². The number of aliphatic carboxylic acids is 1. The van der Waals surface area contributed by atoms with Crippen LogP contribution in [0.15, 0.2) is 36.4 Å². The predicted octanol–water partition coefficient (Wildman–Crippen LogP) is 1.65. The average molecular weight is 449 g/mol. The summed E-state index contributed by atoms with van der Waals surface area (Å²) in [6.07, 6.45) is 1.94. The number of nitrogens with zero attached hydrogens (tertiary/aromatic N) is 2. The highest BCUT2D eigenvalue weighted by molar-refractivity contribution is 5.99. The Balaban J connectivity index is 1.76. The molecule has 2 heterocycles. The number of benzene rings is 1. The second kappa shape index (κ2) is 8.96. The quantitative estimate of drug-likeness (QED) is 0.724. The van der Waals surface area contributed by atoms with Crippen molar-refractivity contribution in [1.82, 2.24) is 15.2 Å². The summed E-state index contributed by atoms with van der Waals surface area (Å²) >= 11 is 0. The molecule has 4 rings (SSSR count). The van der Waals surface area contributed by atoms with Crippen molar-refractivity contribution in [3.8, 4) is 0 Å². The zero-order valence-corrected chi connectivity index (χ0v) is 19.5. The van der Waals surface area contributed by atoms with Crippen LogP contribution in [0, 0.1) is 25.7 Å². The number of piperazine rings is 1. The molecular weight excluding hydrogens is 418 g/mol. The van der Waals surface area contributed by atoms with E-state index in [1.165, 1.54) is 4.90 Å². The highest BCUT2D eigenvalue weighted by Crippen LogP contribution is 2.36. The normalized spacial score (nSPS) is 22.6. The standard InChI is InChI=1S/C26H31N3O4/c1-5-14(2)22-24(30)28-21(19-12-17-8-6-7-9-18(17)13-19)25(31)29(22)23(26(32)33)20-11-10-15(3)27-16(20)4/h6-11,14,19,21-23H,5,12-13H2,1-4H3,(H,28,30)(H,32,33)/p-1/t14?,21-,22?,23+/m1/s1. The fourth-order valence-corrected chi connectivity index (χ4v) is 5.29. The lowest BCUT2D eigenvalue weighted by molar-refractivity contribution is -0.312. The molecule has 1 aromatic carbocycles. The molecule has 1 aliphatic carbocycles. The number of hydrogen-bond acceptors (Lipinski definition) is 5. The number of fused-ring (bicyclic) bond motifs is 1. The molecule has 0 saturated carbocycles. The van der Waals surface area contributed by atoms with Gasteiger partial charge in [0.25, 0.3) is 0 Å². The van der Waals surface area contributed by atoms with Crippen LogP contribution < -0.4 is 10.4 Å². The van der Waals surface area contributed by atoms with Crippen molar-refractivity contribution in [2.75, 3.05) is 0 Å². The smallest absolute Gasteiger partial charge is 0.246 e. The monoisotopic (exact) mass is 448 g/mol. The summed E-state index contributed by atoms with van der Waals surface area (Å²) in [6.45, 7) is 7.33. The Hall–Kier alpha value is -3.22. The largest absolute Gasteiger partial charge is 0.548 e. The SMILES string of the molecule is CCC(C)C1C(=O)N[C@H](C2Cc3ccccc3C2)C(=O)N1[C@H](C(=O)[O-])c1ccc(C)nc1C. The summed E-state index contributed by atoms with van der Waals surface area (Å²) < 4.78 is 0. The van der Waals surface area contributed by atoms with Crippen LogP contribution >= 0.6 is 0 Å². The fraction of sp³-hybridized carbons (Fsp3) is 0.462. The lowest BCUT2D eigenvalue weighted by atomic mass is 9.86. The van der Waals surface area contributed by atoms with Gasteiger partial charge in [-0.25, -0.2) is 0 Å². The lowest BCUT2D eigenvalue weighted by Crippen LogP contribution is -2.68. The summed E-state index contributed by atoms with van der Waals surface area (Å²) in [7, 11) is 0. The molecular formula is C26H30N3O4-. The number of nitrogens with one attached hydrogen (secondary N) is 1. The Morgan fingerprint density at radius 3 is 2.33 bits per heavy atom. The minimum atomic E-state index is -1.41. The van der Waals surface area contributed by atoms with Gasteiger partial charge in [-0.3, -0.25) is 14.6 Å². The van der Waals surface area contributed by atoms with Gasteiger partial charge in [0.05, 0.1) is 12.0 Å². The van der Waals surface area contributed by atoms with E-state index in [0.717, 1.165) is 16.8 Å². The highest BCUT2D eigenvalue weighted by Gasteiger charge is 2.49. The average Bonchev–Trinajstić information content (AvgIpc) is 3.20. The molecule has 0 spiro atoms. The van der Waals surface area contributed by atoms with Gasteiger partial charge in [0.15, 0.2) is 0 Å². The van der Waals surface area contributed by atoms with E-state index in [4.69, 9.17) is 0 Å². The topological polar surface area (TPSA) is 102 Å². The van der Waals surface area contributed by atoms with Crippen LogP contribution in [0.4, 0.5) is 0 Å². The molecule has 2 aliphatic rings. The minimum absolute atomic E-state index is 0.126. The third kappa shape index (κ3) is 4.12. The third-order valence-electron chi connectivity index (χ3n) is 7.19. The molecule has 0 radical (unpaired) electrons. The first-order valence-corrected chi connectivity index (χ1v) is 11.6. The molecule has 1 N–H and O–H groups in total. The first-order valence-electron chi connectivity index (χ1n) is 11.6. The van der Waals surface area contributed by atoms with Crippen molar-refractivity contribution in [1.29, 1.82) is 0 Å². The van der Waals surface area contributed by atoms with Crippen LogP contribution in [0.25, 0.3) is 0 Å². The lowest BCUT2D eigenvalue weighted by Gasteiger charge is -2.47. The fourth-order valence-electron chi connectivity index (χ4n) is 5.29. The maximum absolute atomic E-state index is 13.9. The molecule has 33 heavy (non-hydrogen) atoms. The summed E-state index contributed by atoms with van der Waals surface area (Å²) in [5.74, 6) is -2.44. The zero-order valence-electron chi connectivity index (χ0n) is 19.5. The number of carboxylic acid groups (broad SMARTS) is 1. The van der Waals surface area contributed by atoms with E-state index in [9.17, 15) is 19.5 Å². The maximum atomic E-state index is 13.9. The van der Waals surface area contributed by atoms with E-state index in [0.29, 0.717) is 30.5 Å². The van der Waals surface area contributed by atoms with Gasteiger partial charge >= 0.3 is 0 Å². The van der Waals surface area contributed by atoms with Crippen molar-refractivity contribution in [2.24, 2.45) is 11.8 Å². The molecule has 4 atom stereocenters. The third-order valence-corrected chi connectivity index (χ3v) is 7.19. The van der Waals surface area contributed by atoms with Crippen LogP contribution in [0.2, 0.25) is 0 Å². The summed E-state index contributed by atoms with van der Waals surface area (Å²) in [5.41, 5.74) is 3.96. The molecule has 1 saturated heterocycles. The Morgan fingerprint density at radius 1 is 1.15 bits per heavy atom. The van der Waals surface area contributed by atoms with E-state index in [1.807, 2.05) is 45.0 Å². The van der Waals surface area contributed by atoms with Crippen LogP contribution in [0.5, 0.6) is 0 Å². The first-order chi connectivity index (χ1) is 15.7. The molecule has 1 aromatic heterocycles. The number of rotatable bonds is 6. The molecule has 7 nitrogen and oxygen atoms in total.